The minimum Gasteiger partial charge on any atom is -0.390 e. The predicted octanol–water partition coefficient (Wildman–Crippen LogP) is 2.23. The number of hydrogen-bond donors (Lipinski definition) is 1. The first-order chi connectivity index (χ1) is 11.6. The van der Waals surface area contributed by atoms with Crippen LogP contribution < -0.4 is 0 Å². The summed E-state index contributed by atoms with van der Waals surface area (Å²) in [6, 6.07) is 0.338. The molecule has 1 N–H and O–H groups in total. The van der Waals surface area contributed by atoms with E-state index in [4.69, 9.17) is 0 Å². The van der Waals surface area contributed by atoms with Crippen LogP contribution >= 0.6 is 0 Å². The van der Waals surface area contributed by atoms with Gasteiger partial charge in [0, 0.05) is 19.1 Å². The quantitative estimate of drug-likeness (QED) is 0.905. The monoisotopic (exact) mass is 329 g/mol. The van der Waals surface area contributed by atoms with Crippen molar-refractivity contribution < 1.29 is 9.90 Å². The third kappa shape index (κ3) is 2.03. The molecule has 2 heterocycles. The molecule has 5 aliphatic rings. The van der Waals surface area contributed by atoms with Gasteiger partial charge in [0.05, 0.1) is 23.1 Å². The number of hydrogen-bond acceptors (Lipinski definition) is 3. The van der Waals surface area contributed by atoms with Crippen LogP contribution in [-0.4, -0.2) is 43.9 Å². The van der Waals surface area contributed by atoms with Crippen LogP contribution in [0.2, 0.25) is 0 Å². The number of carbonyl (C=O) groups excluding carboxylic acids is 1. The maximum absolute atomic E-state index is 13.3. The molecule has 1 aliphatic heterocycles. The number of carbonyl (C=O) groups is 1. The molecule has 0 spiro atoms. The second-order valence-corrected chi connectivity index (χ2v) is 8.61. The Kier molecular flexibility index (Phi) is 3.16. The fourth-order valence-electron chi connectivity index (χ4n) is 6.55. The van der Waals surface area contributed by atoms with Gasteiger partial charge in [-0.05, 0) is 69.6 Å². The van der Waals surface area contributed by atoms with E-state index in [0.29, 0.717) is 23.8 Å². The molecule has 1 aromatic rings. The second kappa shape index (κ2) is 5.07. The van der Waals surface area contributed by atoms with Gasteiger partial charge >= 0.3 is 0 Å². The van der Waals surface area contributed by atoms with Crippen molar-refractivity contribution >= 4 is 5.91 Å². The molecule has 0 saturated heterocycles. The molecule has 1 aromatic heterocycles. The zero-order valence-corrected chi connectivity index (χ0v) is 14.4. The SMILES string of the molecule is CCn1ncc2c1CCCN(C1C3CC4CC1CC(O)(C4)C3)C2=O. The number of aromatic nitrogens is 2. The van der Waals surface area contributed by atoms with Crippen molar-refractivity contribution in [3.8, 4) is 0 Å². The maximum atomic E-state index is 13.3. The summed E-state index contributed by atoms with van der Waals surface area (Å²) in [5.41, 5.74) is 1.51. The lowest BCUT2D eigenvalue weighted by molar-refractivity contribution is -0.154. The Hall–Kier alpha value is -1.36. The topological polar surface area (TPSA) is 58.4 Å². The standard InChI is InChI=1S/C19H27N3O2/c1-2-22-16-4-3-5-21(18(23)15(16)11-20-22)17-13-6-12-7-14(17)10-19(24,8-12)9-13/h11-14,17,24H,2-10H2,1H3. The van der Waals surface area contributed by atoms with Crippen molar-refractivity contribution in [1.29, 1.82) is 0 Å². The lowest BCUT2D eigenvalue weighted by atomic mass is 9.52. The number of amides is 1. The van der Waals surface area contributed by atoms with Crippen LogP contribution in [0.1, 0.15) is 61.5 Å². The summed E-state index contributed by atoms with van der Waals surface area (Å²) in [6.07, 6.45) is 8.94. The fourth-order valence-corrected chi connectivity index (χ4v) is 6.55. The van der Waals surface area contributed by atoms with E-state index in [9.17, 15) is 9.90 Å². The van der Waals surface area contributed by atoms with Gasteiger partial charge in [-0.15, -0.1) is 0 Å². The van der Waals surface area contributed by atoms with Crippen molar-refractivity contribution in [2.75, 3.05) is 6.54 Å². The van der Waals surface area contributed by atoms with Crippen LogP contribution in [0.25, 0.3) is 0 Å². The van der Waals surface area contributed by atoms with E-state index < -0.39 is 5.60 Å². The highest BCUT2D eigenvalue weighted by atomic mass is 16.3. The summed E-state index contributed by atoms with van der Waals surface area (Å²) in [7, 11) is 0. The Morgan fingerprint density at radius 1 is 1.29 bits per heavy atom. The molecule has 0 radical (unpaired) electrons. The van der Waals surface area contributed by atoms with Crippen LogP contribution in [0.15, 0.2) is 6.20 Å². The number of rotatable bonds is 2. The van der Waals surface area contributed by atoms with E-state index in [1.54, 1.807) is 6.20 Å². The number of fused-ring (bicyclic) bond motifs is 1. The lowest BCUT2D eigenvalue weighted by Crippen LogP contribution is -2.62. The molecule has 130 valence electrons. The van der Waals surface area contributed by atoms with Crippen molar-refractivity contribution in [1.82, 2.24) is 14.7 Å². The zero-order chi connectivity index (χ0) is 16.5. The van der Waals surface area contributed by atoms with Crippen molar-refractivity contribution in [2.24, 2.45) is 17.8 Å². The van der Waals surface area contributed by atoms with E-state index in [2.05, 4.69) is 16.9 Å². The summed E-state index contributed by atoms with van der Waals surface area (Å²) in [6.45, 7) is 3.77. The van der Waals surface area contributed by atoms with E-state index in [1.165, 1.54) is 12.8 Å². The van der Waals surface area contributed by atoms with Crippen molar-refractivity contribution in [3.63, 3.8) is 0 Å². The molecule has 4 bridgehead atoms. The molecule has 4 aliphatic carbocycles. The summed E-state index contributed by atoms with van der Waals surface area (Å²) in [4.78, 5) is 15.4. The van der Waals surface area contributed by atoms with Gasteiger partial charge in [0.1, 0.15) is 0 Å². The number of aliphatic hydroxyl groups is 1. The van der Waals surface area contributed by atoms with Crippen LogP contribution in [-0.2, 0) is 13.0 Å². The van der Waals surface area contributed by atoms with Gasteiger partial charge < -0.3 is 10.0 Å². The molecule has 5 nitrogen and oxygen atoms in total. The summed E-state index contributed by atoms with van der Waals surface area (Å²) >= 11 is 0. The van der Waals surface area contributed by atoms with Gasteiger partial charge in [0.15, 0.2) is 0 Å². The van der Waals surface area contributed by atoms with Gasteiger partial charge in [-0.3, -0.25) is 9.48 Å². The largest absolute Gasteiger partial charge is 0.390 e. The van der Waals surface area contributed by atoms with Crippen molar-refractivity contribution in [2.45, 2.75) is 70.1 Å². The Morgan fingerprint density at radius 3 is 2.71 bits per heavy atom. The Morgan fingerprint density at radius 2 is 2.04 bits per heavy atom. The molecule has 6 rings (SSSR count). The molecule has 1 amide bonds. The Labute approximate surface area is 143 Å². The first-order valence-corrected chi connectivity index (χ1v) is 9.66. The summed E-state index contributed by atoms with van der Waals surface area (Å²) in [5, 5.41) is 15.2. The molecule has 0 aromatic carbocycles. The van der Waals surface area contributed by atoms with E-state index in [0.717, 1.165) is 56.5 Å². The Bertz CT molecular complexity index is 666. The van der Waals surface area contributed by atoms with Gasteiger partial charge in [0.2, 0.25) is 0 Å². The van der Waals surface area contributed by atoms with Crippen LogP contribution in [0.4, 0.5) is 0 Å². The third-order valence-corrected chi connectivity index (χ3v) is 7.10. The molecule has 24 heavy (non-hydrogen) atoms. The number of aryl methyl sites for hydroxylation is 1. The van der Waals surface area contributed by atoms with Crippen molar-refractivity contribution in [3.05, 3.63) is 17.5 Å². The van der Waals surface area contributed by atoms with Crippen LogP contribution in [0.3, 0.4) is 0 Å². The van der Waals surface area contributed by atoms with Gasteiger partial charge in [0.25, 0.3) is 5.91 Å². The van der Waals surface area contributed by atoms with Gasteiger partial charge in [-0.1, -0.05) is 0 Å². The first kappa shape index (κ1) is 14.9. The fraction of sp³-hybridized carbons (Fsp3) is 0.789. The van der Waals surface area contributed by atoms with Gasteiger partial charge in [-0.25, -0.2) is 0 Å². The summed E-state index contributed by atoms with van der Waals surface area (Å²) in [5.74, 6) is 1.86. The highest BCUT2D eigenvalue weighted by molar-refractivity contribution is 5.95. The Balaban J connectivity index is 1.48. The second-order valence-electron chi connectivity index (χ2n) is 8.61. The summed E-state index contributed by atoms with van der Waals surface area (Å²) < 4.78 is 1.98. The molecule has 4 saturated carbocycles. The van der Waals surface area contributed by atoms with E-state index >= 15 is 0 Å². The first-order valence-electron chi connectivity index (χ1n) is 9.66. The average Bonchev–Trinajstić information content (AvgIpc) is 2.86. The van der Waals surface area contributed by atoms with E-state index in [1.807, 2.05) is 4.68 Å². The highest BCUT2D eigenvalue weighted by Gasteiger charge is 2.56. The zero-order valence-electron chi connectivity index (χ0n) is 14.4. The number of nitrogens with zero attached hydrogens (tertiary/aromatic N) is 3. The average molecular weight is 329 g/mol. The lowest BCUT2D eigenvalue weighted by Gasteiger charge is -2.60. The smallest absolute Gasteiger partial charge is 0.257 e. The van der Waals surface area contributed by atoms with Crippen LogP contribution in [0, 0.1) is 17.8 Å². The van der Waals surface area contributed by atoms with Crippen LogP contribution in [0.5, 0.6) is 0 Å². The molecule has 5 heteroatoms. The third-order valence-electron chi connectivity index (χ3n) is 7.10. The molecular weight excluding hydrogens is 302 g/mol. The molecule has 2 unspecified atom stereocenters. The normalized spacial score (nSPS) is 40.8. The molecule has 4 fully saturated rings. The van der Waals surface area contributed by atoms with E-state index in [-0.39, 0.29) is 5.91 Å². The van der Waals surface area contributed by atoms with Gasteiger partial charge in [-0.2, -0.15) is 5.10 Å². The molecular formula is C19H27N3O2. The predicted molar refractivity (Wildman–Crippen MR) is 89.6 cm³/mol. The minimum atomic E-state index is -0.430. The highest BCUT2D eigenvalue weighted by Crippen LogP contribution is 2.57. The molecule has 2 atom stereocenters. The maximum Gasteiger partial charge on any atom is 0.257 e. The minimum absolute atomic E-state index is 0.187.